The van der Waals surface area contributed by atoms with Gasteiger partial charge in [0.2, 0.25) is 0 Å². The van der Waals surface area contributed by atoms with E-state index < -0.39 is 6.10 Å². The molecule has 2 heterocycles. The van der Waals surface area contributed by atoms with Crippen LogP contribution in [0.3, 0.4) is 0 Å². The van der Waals surface area contributed by atoms with Crippen molar-refractivity contribution in [2.45, 2.75) is 25.9 Å². The summed E-state index contributed by atoms with van der Waals surface area (Å²) in [4.78, 5) is 12.8. The number of rotatable bonds is 6. The molecule has 102 valence electrons. The molecule has 0 spiro atoms. The predicted molar refractivity (Wildman–Crippen MR) is 76.9 cm³/mol. The van der Waals surface area contributed by atoms with Crippen LogP contribution in [0, 0.1) is 0 Å². The average molecular weight is 278 g/mol. The molecule has 0 bridgehead atoms. The smallest absolute Gasteiger partial charge is 0.263 e. The van der Waals surface area contributed by atoms with Crippen molar-refractivity contribution in [3.8, 4) is 5.69 Å². The van der Waals surface area contributed by atoms with E-state index in [2.05, 4.69) is 5.32 Å². The molecule has 0 saturated carbocycles. The Morgan fingerprint density at radius 3 is 2.89 bits per heavy atom. The van der Waals surface area contributed by atoms with E-state index in [0.29, 0.717) is 17.8 Å². The number of carbonyl (C=O) groups is 1. The maximum Gasteiger partial charge on any atom is 0.263 e. The fraction of sp³-hybridized carbons (Fsp3) is 0.357. The van der Waals surface area contributed by atoms with Gasteiger partial charge in [-0.25, -0.2) is 0 Å². The number of hydrogen-bond acceptors (Lipinski definition) is 3. The van der Waals surface area contributed by atoms with Gasteiger partial charge in [-0.3, -0.25) is 4.79 Å². The van der Waals surface area contributed by atoms with Crippen LogP contribution < -0.4 is 5.32 Å². The van der Waals surface area contributed by atoms with E-state index in [1.165, 1.54) is 11.3 Å². The molecule has 1 atom stereocenters. The van der Waals surface area contributed by atoms with Crippen molar-refractivity contribution in [3.63, 3.8) is 0 Å². The van der Waals surface area contributed by atoms with Gasteiger partial charge in [-0.1, -0.05) is 13.3 Å². The molecule has 2 N–H and O–H groups in total. The maximum atomic E-state index is 12.1. The number of aliphatic hydroxyl groups is 1. The number of thiophene rings is 1. The Bertz CT molecular complexity index is 519. The van der Waals surface area contributed by atoms with Crippen LogP contribution in [-0.2, 0) is 0 Å². The Hall–Kier alpha value is -1.59. The van der Waals surface area contributed by atoms with Crippen molar-refractivity contribution in [2.75, 3.05) is 6.54 Å². The third kappa shape index (κ3) is 3.45. The Labute approximate surface area is 116 Å². The summed E-state index contributed by atoms with van der Waals surface area (Å²) in [6.45, 7) is 2.31. The lowest BCUT2D eigenvalue weighted by molar-refractivity contribution is 0.0914. The van der Waals surface area contributed by atoms with E-state index in [4.69, 9.17) is 0 Å². The number of hydrogen-bond donors (Lipinski definition) is 2. The zero-order chi connectivity index (χ0) is 13.7. The lowest BCUT2D eigenvalue weighted by atomic mass is 10.2. The molecule has 0 fully saturated rings. The van der Waals surface area contributed by atoms with E-state index in [1.807, 2.05) is 47.5 Å². The molecular weight excluding hydrogens is 260 g/mol. The first kappa shape index (κ1) is 13.8. The molecule has 1 amide bonds. The van der Waals surface area contributed by atoms with Crippen LogP contribution in [0.5, 0.6) is 0 Å². The molecule has 0 aromatic carbocycles. The van der Waals surface area contributed by atoms with Crippen LogP contribution in [0.2, 0.25) is 0 Å². The van der Waals surface area contributed by atoms with Crippen molar-refractivity contribution < 1.29 is 9.90 Å². The number of carbonyl (C=O) groups excluding carboxylic acids is 1. The molecule has 0 aliphatic heterocycles. The third-order valence-corrected chi connectivity index (χ3v) is 3.76. The van der Waals surface area contributed by atoms with Gasteiger partial charge in [0, 0.05) is 18.9 Å². The first-order valence-corrected chi connectivity index (χ1v) is 7.27. The number of aliphatic hydroxyl groups excluding tert-OH is 1. The van der Waals surface area contributed by atoms with E-state index in [0.717, 1.165) is 12.1 Å². The van der Waals surface area contributed by atoms with Gasteiger partial charge >= 0.3 is 0 Å². The van der Waals surface area contributed by atoms with Crippen molar-refractivity contribution in [1.29, 1.82) is 0 Å². The zero-order valence-corrected chi connectivity index (χ0v) is 11.7. The minimum atomic E-state index is -0.469. The molecule has 4 nitrogen and oxygen atoms in total. The quantitative estimate of drug-likeness (QED) is 0.852. The molecule has 0 radical (unpaired) electrons. The Morgan fingerprint density at radius 2 is 2.21 bits per heavy atom. The maximum absolute atomic E-state index is 12.1. The Morgan fingerprint density at radius 1 is 1.47 bits per heavy atom. The summed E-state index contributed by atoms with van der Waals surface area (Å²) < 4.78 is 1.91. The highest BCUT2D eigenvalue weighted by Crippen LogP contribution is 2.21. The second kappa shape index (κ2) is 6.54. The van der Waals surface area contributed by atoms with Crippen LogP contribution in [0.4, 0.5) is 0 Å². The second-order valence-corrected chi connectivity index (χ2v) is 5.29. The van der Waals surface area contributed by atoms with Gasteiger partial charge in [-0.05, 0) is 30.0 Å². The highest BCUT2D eigenvalue weighted by atomic mass is 32.1. The van der Waals surface area contributed by atoms with Crippen LogP contribution >= 0.6 is 11.3 Å². The van der Waals surface area contributed by atoms with E-state index in [9.17, 15) is 9.90 Å². The summed E-state index contributed by atoms with van der Waals surface area (Å²) in [5, 5.41) is 14.3. The van der Waals surface area contributed by atoms with Crippen molar-refractivity contribution in [1.82, 2.24) is 9.88 Å². The van der Waals surface area contributed by atoms with Gasteiger partial charge in [0.05, 0.1) is 11.8 Å². The topological polar surface area (TPSA) is 54.3 Å². The van der Waals surface area contributed by atoms with Gasteiger partial charge in [0.15, 0.2) is 0 Å². The molecular formula is C14H18N2O2S. The third-order valence-electron chi connectivity index (χ3n) is 2.85. The largest absolute Gasteiger partial charge is 0.391 e. The highest BCUT2D eigenvalue weighted by Gasteiger charge is 2.15. The Balaban J connectivity index is 2.02. The fourth-order valence-electron chi connectivity index (χ4n) is 1.90. The van der Waals surface area contributed by atoms with Crippen LogP contribution in [0.25, 0.3) is 5.69 Å². The number of nitrogens with zero attached hydrogens (tertiary/aromatic N) is 1. The fourth-order valence-corrected chi connectivity index (χ4v) is 2.70. The summed E-state index contributed by atoms with van der Waals surface area (Å²) in [5.41, 5.74) is 0.873. The molecule has 5 heteroatoms. The summed E-state index contributed by atoms with van der Waals surface area (Å²) >= 11 is 1.41. The summed E-state index contributed by atoms with van der Waals surface area (Å²) in [7, 11) is 0. The van der Waals surface area contributed by atoms with Crippen molar-refractivity contribution >= 4 is 17.2 Å². The van der Waals surface area contributed by atoms with Crippen LogP contribution in [0.1, 0.15) is 29.4 Å². The zero-order valence-electron chi connectivity index (χ0n) is 10.9. The number of nitrogens with one attached hydrogen (secondary N) is 1. The van der Waals surface area contributed by atoms with Gasteiger partial charge in [-0.2, -0.15) is 0 Å². The molecule has 2 aromatic rings. The summed E-state index contributed by atoms with van der Waals surface area (Å²) in [6.07, 6.45) is 4.96. The molecule has 2 aromatic heterocycles. The minimum Gasteiger partial charge on any atom is -0.391 e. The molecule has 19 heavy (non-hydrogen) atoms. The minimum absolute atomic E-state index is 0.131. The summed E-state index contributed by atoms with van der Waals surface area (Å²) in [5.74, 6) is -0.131. The van der Waals surface area contributed by atoms with Gasteiger partial charge in [-0.15, -0.1) is 11.3 Å². The first-order valence-electron chi connectivity index (χ1n) is 6.39. The molecule has 2 rings (SSSR count). The predicted octanol–water partition coefficient (Wildman–Crippen LogP) is 2.43. The Kier molecular flexibility index (Phi) is 4.76. The second-order valence-electron chi connectivity index (χ2n) is 4.38. The van der Waals surface area contributed by atoms with Crippen LogP contribution in [0.15, 0.2) is 36.0 Å². The monoisotopic (exact) mass is 278 g/mol. The molecule has 0 saturated heterocycles. The lowest BCUT2D eigenvalue weighted by Crippen LogP contribution is -2.32. The van der Waals surface area contributed by atoms with E-state index in [1.54, 1.807) is 0 Å². The lowest BCUT2D eigenvalue weighted by Gasteiger charge is -2.11. The SMILES string of the molecule is CCCC(O)CNC(=O)c1sccc1-n1cccc1. The van der Waals surface area contributed by atoms with E-state index >= 15 is 0 Å². The van der Waals surface area contributed by atoms with E-state index in [-0.39, 0.29) is 5.91 Å². The molecule has 1 unspecified atom stereocenters. The van der Waals surface area contributed by atoms with Crippen molar-refractivity contribution in [2.24, 2.45) is 0 Å². The van der Waals surface area contributed by atoms with Crippen molar-refractivity contribution in [3.05, 3.63) is 40.8 Å². The average Bonchev–Trinajstić information content (AvgIpc) is 3.05. The molecule has 0 aliphatic carbocycles. The summed E-state index contributed by atoms with van der Waals surface area (Å²) in [6, 6.07) is 5.76. The van der Waals surface area contributed by atoms with Gasteiger partial charge in [0.25, 0.3) is 5.91 Å². The van der Waals surface area contributed by atoms with Gasteiger partial charge < -0.3 is 15.0 Å². The molecule has 0 aliphatic rings. The highest BCUT2D eigenvalue weighted by molar-refractivity contribution is 7.12. The normalized spacial score (nSPS) is 12.3. The first-order chi connectivity index (χ1) is 9.22. The van der Waals surface area contributed by atoms with Gasteiger partial charge in [0.1, 0.15) is 4.88 Å². The van der Waals surface area contributed by atoms with Crippen LogP contribution in [-0.4, -0.2) is 28.2 Å². The number of aromatic nitrogens is 1. The standard InChI is InChI=1S/C14H18N2O2S/c1-2-5-11(17)10-15-14(18)13-12(6-9-19-13)16-7-3-4-8-16/h3-4,6-9,11,17H,2,5,10H2,1H3,(H,15,18). The number of amides is 1.